The van der Waals surface area contributed by atoms with Crippen molar-refractivity contribution in [1.29, 1.82) is 0 Å². The van der Waals surface area contributed by atoms with Crippen molar-refractivity contribution in [2.24, 2.45) is 5.92 Å². The van der Waals surface area contributed by atoms with Gasteiger partial charge in [0.2, 0.25) is 11.8 Å². The maximum atomic E-state index is 14.2. The number of benzene rings is 2. The lowest BCUT2D eigenvalue weighted by atomic mass is 9.98. The van der Waals surface area contributed by atoms with Crippen LogP contribution < -0.4 is 10.6 Å². The molecule has 3 N–H and O–H groups in total. The second-order valence-electron chi connectivity index (χ2n) is 12.9. The highest BCUT2D eigenvalue weighted by Gasteiger charge is 2.39. The van der Waals surface area contributed by atoms with Crippen LogP contribution in [0.5, 0.6) is 5.75 Å². The van der Waals surface area contributed by atoms with Crippen molar-refractivity contribution in [1.82, 2.24) is 15.5 Å². The van der Waals surface area contributed by atoms with Gasteiger partial charge < -0.3 is 30.1 Å². The van der Waals surface area contributed by atoms with Gasteiger partial charge in [0.05, 0.1) is 0 Å². The molecule has 3 atom stereocenters. The van der Waals surface area contributed by atoms with Gasteiger partial charge in [-0.05, 0) is 70.7 Å². The van der Waals surface area contributed by atoms with E-state index in [0.29, 0.717) is 5.56 Å². The summed E-state index contributed by atoms with van der Waals surface area (Å²) < 4.78 is 11.0. The molecule has 2 aromatic carbocycles. The average molecular weight is 610 g/mol. The van der Waals surface area contributed by atoms with E-state index in [1.165, 1.54) is 23.1 Å². The first-order valence-electron chi connectivity index (χ1n) is 14.7. The molecule has 10 heteroatoms. The van der Waals surface area contributed by atoms with E-state index in [1.807, 2.05) is 30.3 Å². The minimum Gasteiger partial charge on any atom is -0.508 e. The van der Waals surface area contributed by atoms with E-state index >= 15 is 0 Å². The fraction of sp³-hybridized carbons (Fsp3) is 0.471. The van der Waals surface area contributed by atoms with E-state index in [0.717, 1.165) is 5.56 Å². The molecular formula is C34H47N3O7. The quantitative estimate of drug-likeness (QED) is 0.226. The highest BCUT2D eigenvalue weighted by atomic mass is 16.6. The zero-order chi connectivity index (χ0) is 33.2. The van der Waals surface area contributed by atoms with Crippen LogP contribution in [0.4, 0.5) is 4.79 Å². The Morgan fingerprint density at radius 2 is 1.52 bits per heavy atom. The van der Waals surface area contributed by atoms with Gasteiger partial charge in [-0.3, -0.25) is 9.59 Å². The number of phenols is 1. The Kier molecular flexibility index (Phi) is 12.6. The summed E-state index contributed by atoms with van der Waals surface area (Å²) in [5.74, 6) is -2.41. The van der Waals surface area contributed by atoms with Crippen LogP contribution in [0.25, 0.3) is 0 Å². The maximum absolute atomic E-state index is 14.2. The lowest BCUT2D eigenvalue weighted by molar-refractivity contribution is -0.159. The zero-order valence-electron chi connectivity index (χ0n) is 27.0. The van der Waals surface area contributed by atoms with E-state index in [-0.39, 0.29) is 24.6 Å². The van der Waals surface area contributed by atoms with Crippen molar-refractivity contribution in [3.63, 3.8) is 0 Å². The van der Waals surface area contributed by atoms with Crippen LogP contribution in [0.1, 0.15) is 72.6 Å². The van der Waals surface area contributed by atoms with Gasteiger partial charge in [-0.15, -0.1) is 6.58 Å². The molecular weight excluding hydrogens is 562 g/mol. The van der Waals surface area contributed by atoms with Gasteiger partial charge in [0.25, 0.3) is 0 Å². The number of esters is 1. The number of carbonyl (C=O) groups excluding carboxylic acids is 4. The molecule has 0 radical (unpaired) electrons. The number of hydrogen-bond acceptors (Lipinski definition) is 7. The number of nitrogens with one attached hydrogen (secondary N) is 2. The first kappa shape index (κ1) is 35.9. The van der Waals surface area contributed by atoms with Crippen molar-refractivity contribution < 1.29 is 33.8 Å². The summed E-state index contributed by atoms with van der Waals surface area (Å²) >= 11 is 0. The highest BCUT2D eigenvalue weighted by Crippen LogP contribution is 2.27. The lowest BCUT2D eigenvalue weighted by Crippen LogP contribution is -2.56. The van der Waals surface area contributed by atoms with Crippen molar-refractivity contribution in [3.05, 3.63) is 78.4 Å². The molecule has 3 amide bonds. The number of rotatable bonds is 12. The Hall–Kier alpha value is -4.34. The smallest absolute Gasteiger partial charge is 0.408 e. The molecule has 44 heavy (non-hydrogen) atoms. The molecule has 2 rings (SSSR count). The monoisotopic (exact) mass is 609 g/mol. The van der Waals surface area contributed by atoms with Gasteiger partial charge in [0, 0.05) is 13.0 Å². The van der Waals surface area contributed by atoms with Crippen molar-refractivity contribution >= 4 is 23.9 Å². The first-order valence-corrected chi connectivity index (χ1v) is 14.7. The number of nitrogens with zero attached hydrogens (tertiary/aromatic N) is 1. The summed E-state index contributed by atoms with van der Waals surface area (Å²) in [5.41, 5.74) is -0.531. The fourth-order valence-corrected chi connectivity index (χ4v) is 4.42. The molecule has 0 aromatic heterocycles. The molecule has 0 saturated carbocycles. The summed E-state index contributed by atoms with van der Waals surface area (Å²) in [4.78, 5) is 55.7. The standard InChI is InChI=1S/C34H47N3O7/c1-10-19-37(30(40)27(22(2)3)36-32(42)44-34(7,8)9)28(24-17-14-18-25(38)21-24)29(39)35-26(31(41)43-33(4,5)6)20-23-15-12-11-13-16-23/h10-18,21-22,26-28,38H,1,19-20H2,2-9H3,(H,35,39)(H,36,42). The van der Waals surface area contributed by atoms with Crippen LogP contribution in [0.2, 0.25) is 0 Å². The van der Waals surface area contributed by atoms with Crippen LogP contribution in [-0.2, 0) is 30.3 Å². The summed E-state index contributed by atoms with van der Waals surface area (Å²) in [6.07, 6.45) is 0.814. The van der Waals surface area contributed by atoms with Crippen molar-refractivity contribution in [2.45, 2.75) is 91.1 Å². The second-order valence-corrected chi connectivity index (χ2v) is 12.9. The normalized spacial score (nSPS) is 13.7. The molecule has 0 saturated heterocycles. The number of hydrogen-bond donors (Lipinski definition) is 3. The number of amides is 3. The van der Waals surface area contributed by atoms with E-state index in [9.17, 15) is 24.3 Å². The highest BCUT2D eigenvalue weighted by molar-refractivity contribution is 5.94. The Morgan fingerprint density at radius 3 is 2.05 bits per heavy atom. The molecule has 0 aliphatic heterocycles. The topological polar surface area (TPSA) is 134 Å². The third kappa shape index (κ3) is 11.4. The number of carbonyl (C=O) groups is 4. The molecule has 10 nitrogen and oxygen atoms in total. The maximum Gasteiger partial charge on any atom is 0.408 e. The predicted octanol–water partition coefficient (Wildman–Crippen LogP) is 5.07. The van der Waals surface area contributed by atoms with Crippen molar-refractivity contribution in [3.8, 4) is 5.75 Å². The second kappa shape index (κ2) is 15.4. The molecule has 0 aliphatic carbocycles. The Bertz CT molecular complexity index is 1300. The molecule has 0 heterocycles. The Morgan fingerprint density at radius 1 is 0.909 bits per heavy atom. The van der Waals surface area contributed by atoms with E-state index in [2.05, 4.69) is 17.2 Å². The summed E-state index contributed by atoms with van der Waals surface area (Å²) in [7, 11) is 0. The van der Waals surface area contributed by atoms with E-state index in [4.69, 9.17) is 9.47 Å². The minimum atomic E-state index is -1.31. The number of phenolic OH excluding ortho intramolecular Hbond substituents is 1. The lowest BCUT2D eigenvalue weighted by Gasteiger charge is -2.35. The third-order valence-corrected chi connectivity index (χ3v) is 6.25. The zero-order valence-corrected chi connectivity index (χ0v) is 27.0. The predicted molar refractivity (Wildman–Crippen MR) is 169 cm³/mol. The summed E-state index contributed by atoms with van der Waals surface area (Å²) in [5, 5.41) is 15.8. The fourth-order valence-electron chi connectivity index (χ4n) is 4.42. The SMILES string of the molecule is C=CCN(C(=O)C(NC(=O)OC(C)(C)C)C(C)C)C(C(=O)NC(Cc1ccccc1)C(=O)OC(C)(C)C)c1cccc(O)c1. The van der Waals surface area contributed by atoms with Gasteiger partial charge in [-0.25, -0.2) is 9.59 Å². The van der Waals surface area contributed by atoms with Crippen LogP contribution in [0.3, 0.4) is 0 Å². The van der Waals surface area contributed by atoms with Gasteiger partial charge in [0.1, 0.15) is 35.1 Å². The van der Waals surface area contributed by atoms with Gasteiger partial charge in [-0.2, -0.15) is 0 Å². The van der Waals surface area contributed by atoms with Crippen molar-refractivity contribution in [2.75, 3.05) is 6.54 Å². The van der Waals surface area contributed by atoms with E-state index < -0.39 is 53.2 Å². The number of ether oxygens (including phenoxy) is 2. The molecule has 3 unspecified atom stereocenters. The molecule has 0 fully saturated rings. The Labute approximate surface area is 260 Å². The summed E-state index contributed by atoms with van der Waals surface area (Å²) in [6.45, 7) is 17.5. The van der Waals surface area contributed by atoms with Gasteiger partial charge in [-0.1, -0.05) is 62.4 Å². The van der Waals surface area contributed by atoms with E-state index in [1.54, 1.807) is 67.5 Å². The molecule has 240 valence electrons. The number of alkyl carbamates (subject to hydrolysis) is 1. The molecule has 0 aliphatic rings. The van der Waals surface area contributed by atoms with Gasteiger partial charge in [0.15, 0.2) is 0 Å². The molecule has 0 bridgehead atoms. The Balaban J connectivity index is 2.57. The van der Waals surface area contributed by atoms with Crippen LogP contribution in [0.15, 0.2) is 67.3 Å². The van der Waals surface area contributed by atoms with Crippen LogP contribution >= 0.6 is 0 Å². The largest absolute Gasteiger partial charge is 0.508 e. The number of aromatic hydroxyl groups is 1. The third-order valence-electron chi connectivity index (χ3n) is 6.25. The summed E-state index contributed by atoms with van der Waals surface area (Å²) in [6, 6.07) is 11.7. The molecule has 0 spiro atoms. The molecule has 2 aromatic rings. The van der Waals surface area contributed by atoms with Crippen LogP contribution in [-0.4, -0.2) is 63.7 Å². The van der Waals surface area contributed by atoms with Crippen LogP contribution in [0, 0.1) is 5.92 Å². The first-order chi connectivity index (χ1) is 20.4. The minimum absolute atomic E-state index is 0.0818. The average Bonchev–Trinajstić information content (AvgIpc) is 2.89. The van der Waals surface area contributed by atoms with Gasteiger partial charge >= 0.3 is 12.1 Å².